The summed E-state index contributed by atoms with van der Waals surface area (Å²) in [7, 11) is 0. The lowest BCUT2D eigenvalue weighted by molar-refractivity contribution is -0.353. The maximum atomic E-state index is 11.2. The summed E-state index contributed by atoms with van der Waals surface area (Å²) in [4.78, 5) is 0. The molecule has 0 saturated carbocycles. The Morgan fingerprint density at radius 3 is 1.89 bits per heavy atom. The molecule has 2 bridgehead atoms. The Bertz CT molecular complexity index is 1950. The van der Waals surface area contributed by atoms with Crippen LogP contribution in [0, 0.1) is 6.92 Å². The molecule has 7 rings (SSSR count). The van der Waals surface area contributed by atoms with E-state index >= 15 is 0 Å². The van der Waals surface area contributed by atoms with Crippen LogP contribution in [0.2, 0.25) is 0 Å². The normalized spacial score (nSPS) is 22.9. The van der Waals surface area contributed by atoms with Crippen molar-refractivity contribution in [1.82, 2.24) is 0 Å². The lowest BCUT2D eigenvalue weighted by Crippen LogP contribution is -2.67. The summed E-state index contributed by atoms with van der Waals surface area (Å²) in [6, 6.07) is 45.5. The number of aliphatic hydroxyl groups is 1. The molecule has 0 aliphatic carbocycles. The van der Waals surface area contributed by atoms with Gasteiger partial charge in [-0.25, -0.2) is 0 Å². The number of hydrogen-bond donors (Lipinski definition) is 1. The Morgan fingerprint density at radius 1 is 0.696 bits per heavy atom. The number of hydrogen-bond acceptors (Lipinski definition) is 7. The van der Waals surface area contributed by atoms with Crippen LogP contribution >= 0.6 is 0 Å². The van der Waals surface area contributed by atoms with Crippen LogP contribution in [0.15, 0.2) is 146 Å². The first-order chi connectivity index (χ1) is 27.5. The van der Waals surface area contributed by atoms with Crippen molar-refractivity contribution in [3.05, 3.63) is 191 Å². The van der Waals surface area contributed by atoms with Gasteiger partial charge < -0.3 is 33.5 Å². The van der Waals surface area contributed by atoms with Gasteiger partial charge in [0.15, 0.2) is 0 Å². The summed E-state index contributed by atoms with van der Waals surface area (Å²) in [5.74, 6) is -1.38. The molecule has 0 spiro atoms. The zero-order chi connectivity index (χ0) is 38.6. The van der Waals surface area contributed by atoms with E-state index in [0.717, 1.165) is 60.1 Å². The molecule has 292 valence electrons. The SMILES string of the molecule is C=CCOCCCCc1ccc(Cc2cc([C@]34OC[C@](CO)(O3)[C@@H](OCc3ccccc3)[C@H](OCc3ccccc3)[C@H]4OCc3ccccc3)ccc2C)cc1. The maximum absolute atomic E-state index is 11.2. The Morgan fingerprint density at radius 2 is 1.29 bits per heavy atom. The van der Waals surface area contributed by atoms with Crippen molar-refractivity contribution in [2.45, 2.75) is 82.1 Å². The molecule has 7 nitrogen and oxygen atoms in total. The zero-order valence-electron chi connectivity index (χ0n) is 32.4. The molecule has 0 amide bonds. The predicted octanol–water partition coefficient (Wildman–Crippen LogP) is 8.81. The minimum Gasteiger partial charge on any atom is -0.393 e. The molecule has 2 saturated heterocycles. The fourth-order valence-corrected chi connectivity index (χ4v) is 7.75. The quantitative estimate of drug-likeness (QED) is 0.0629. The Hall–Kier alpha value is -4.44. The van der Waals surface area contributed by atoms with E-state index in [4.69, 9.17) is 28.4 Å². The molecule has 2 aliphatic rings. The van der Waals surface area contributed by atoms with Gasteiger partial charge in [0.2, 0.25) is 5.79 Å². The molecule has 0 radical (unpaired) electrons. The van der Waals surface area contributed by atoms with E-state index in [1.165, 1.54) is 16.7 Å². The van der Waals surface area contributed by atoms with Gasteiger partial charge in [-0.05, 0) is 77.6 Å². The van der Waals surface area contributed by atoms with Gasteiger partial charge in [0.1, 0.15) is 23.9 Å². The number of benzene rings is 5. The first-order valence-electron chi connectivity index (χ1n) is 19.8. The van der Waals surface area contributed by atoms with Crippen molar-refractivity contribution < 1.29 is 33.5 Å². The van der Waals surface area contributed by atoms with Crippen molar-refractivity contribution in [2.24, 2.45) is 0 Å². The topological polar surface area (TPSA) is 75.6 Å². The molecular weight excluding hydrogens is 701 g/mol. The maximum Gasteiger partial charge on any atom is 0.225 e. The fraction of sp³-hybridized carbons (Fsp3) is 0.347. The second-order valence-electron chi connectivity index (χ2n) is 14.9. The van der Waals surface area contributed by atoms with E-state index < -0.39 is 29.7 Å². The lowest BCUT2D eigenvalue weighted by atomic mass is 9.82. The fourth-order valence-electron chi connectivity index (χ4n) is 7.75. The predicted molar refractivity (Wildman–Crippen MR) is 218 cm³/mol. The smallest absolute Gasteiger partial charge is 0.225 e. The standard InChI is InChI=1S/C49H54O7/c1-3-28-51-29-14-13-15-38-23-25-39(26-24-38)30-43-31-44(27-22-37(43)2)49-47(54-34-42-20-11-6-12-21-42)45(52-32-40-16-7-4-8-17-40)46(48(35-50,56-49)36-55-49)53-33-41-18-9-5-10-19-41/h3-12,16-27,31,45-47,50H,1,13-15,28-30,32-36H2,2H3/t45-,46-,47+,48-,49-/m0/s1. The summed E-state index contributed by atoms with van der Waals surface area (Å²) >= 11 is 0. The molecule has 0 aromatic heterocycles. The van der Waals surface area contributed by atoms with Gasteiger partial charge in [-0.2, -0.15) is 0 Å². The first-order valence-corrected chi connectivity index (χ1v) is 19.8. The van der Waals surface area contributed by atoms with Crippen LogP contribution in [0.5, 0.6) is 0 Å². The van der Waals surface area contributed by atoms with E-state index in [2.05, 4.69) is 56.0 Å². The van der Waals surface area contributed by atoms with Crippen LogP contribution < -0.4 is 0 Å². The van der Waals surface area contributed by atoms with E-state index in [1.807, 2.05) is 91.0 Å². The van der Waals surface area contributed by atoms with Crippen LogP contribution in [0.4, 0.5) is 0 Å². The Balaban J connectivity index is 1.20. The van der Waals surface area contributed by atoms with Crippen molar-refractivity contribution in [2.75, 3.05) is 26.4 Å². The van der Waals surface area contributed by atoms with E-state index in [1.54, 1.807) is 6.08 Å². The van der Waals surface area contributed by atoms with Gasteiger partial charge >= 0.3 is 0 Å². The van der Waals surface area contributed by atoms with Crippen LogP contribution in [0.3, 0.4) is 0 Å². The van der Waals surface area contributed by atoms with Crippen molar-refractivity contribution in [1.29, 1.82) is 0 Å². The minimum absolute atomic E-state index is 0.102. The monoisotopic (exact) mass is 754 g/mol. The molecule has 2 heterocycles. The summed E-state index contributed by atoms with van der Waals surface area (Å²) in [5, 5.41) is 11.2. The van der Waals surface area contributed by atoms with E-state index in [-0.39, 0.29) is 13.2 Å². The second-order valence-corrected chi connectivity index (χ2v) is 14.9. The van der Waals surface area contributed by atoms with Gasteiger partial charge in [0.25, 0.3) is 0 Å². The number of aliphatic hydroxyl groups excluding tert-OH is 1. The van der Waals surface area contributed by atoms with Crippen LogP contribution in [-0.4, -0.2) is 55.4 Å². The largest absolute Gasteiger partial charge is 0.393 e. The molecule has 56 heavy (non-hydrogen) atoms. The van der Waals surface area contributed by atoms with Crippen LogP contribution in [-0.2, 0) is 66.9 Å². The molecule has 1 N–H and O–H groups in total. The molecule has 5 aromatic rings. The summed E-state index contributed by atoms with van der Waals surface area (Å²) in [6.07, 6.45) is 3.51. The molecular formula is C49H54O7. The first kappa shape index (κ1) is 39.8. The number of aryl methyl sites for hydroxylation is 2. The lowest BCUT2D eigenvalue weighted by Gasteiger charge is -2.50. The number of unbranched alkanes of at least 4 members (excludes halogenated alkanes) is 1. The van der Waals surface area contributed by atoms with Gasteiger partial charge in [-0.15, -0.1) is 6.58 Å². The molecule has 0 unspecified atom stereocenters. The van der Waals surface area contributed by atoms with Gasteiger partial charge in [0, 0.05) is 12.2 Å². The number of ether oxygens (including phenoxy) is 6. The molecule has 5 aromatic carbocycles. The third-order valence-electron chi connectivity index (χ3n) is 10.9. The highest BCUT2D eigenvalue weighted by Crippen LogP contribution is 2.53. The van der Waals surface area contributed by atoms with Crippen molar-refractivity contribution >= 4 is 0 Å². The van der Waals surface area contributed by atoms with E-state index in [9.17, 15) is 5.11 Å². The van der Waals surface area contributed by atoms with Gasteiger partial charge in [-0.1, -0.05) is 133 Å². The summed E-state index contributed by atoms with van der Waals surface area (Å²) in [6.45, 7) is 7.91. The highest BCUT2D eigenvalue weighted by molar-refractivity contribution is 5.39. The number of fused-ring (bicyclic) bond motifs is 2. The molecule has 2 fully saturated rings. The summed E-state index contributed by atoms with van der Waals surface area (Å²) in [5.41, 5.74) is 7.51. The van der Waals surface area contributed by atoms with Crippen molar-refractivity contribution in [3.63, 3.8) is 0 Å². The van der Waals surface area contributed by atoms with Crippen LogP contribution in [0.1, 0.15) is 57.3 Å². The average molecular weight is 755 g/mol. The third-order valence-corrected chi connectivity index (χ3v) is 10.9. The van der Waals surface area contributed by atoms with Crippen molar-refractivity contribution in [3.8, 4) is 0 Å². The average Bonchev–Trinajstić information content (AvgIpc) is 3.60. The highest BCUT2D eigenvalue weighted by Gasteiger charge is 2.69. The molecule has 7 heteroatoms. The van der Waals surface area contributed by atoms with E-state index in [0.29, 0.717) is 26.4 Å². The highest BCUT2D eigenvalue weighted by atomic mass is 16.8. The Kier molecular flexibility index (Phi) is 13.6. The minimum atomic E-state index is -1.38. The van der Waals surface area contributed by atoms with Gasteiger partial charge in [0.05, 0.1) is 39.6 Å². The summed E-state index contributed by atoms with van der Waals surface area (Å²) < 4.78 is 40.1. The zero-order valence-corrected chi connectivity index (χ0v) is 32.4. The van der Waals surface area contributed by atoms with Gasteiger partial charge in [-0.3, -0.25) is 0 Å². The Labute approximate surface area is 331 Å². The second kappa shape index (κ2) is 19.1. The molecule has 5 atom stereocenters. The number of rotatable bonds is 20. The van der Waals surface area contributed by atoms with Crippen LogP contribution in [0.25, 0.3) is 0 Å². The molecule has 2 aliphatic heterocycles. The third kappa shape index (κ3) is 9.39.